The first-order chi connectivity index (χ1) is 28.5. The molecule has 12 nitrogen and oxygen atoms in total. The van der Waals surface area contributed by atoms with Crippen LogP contribution in [0.5, 0.6) is 11.5 Å². The highest BCUT2D eigenvalue weighted by molar-refractivity contribution is 7.98. The Morgan fingerprint density at radius 1 is 0.983 bits per heavy atom. The predicted molar refractivity (Wildman–Crippen MR) is 226 cm³/mol. The lowest BCUT2D eigenvalue weighted by Gasteiger charge is -2.44. The van der Waals surface area contributed by atoms with Crippen LogP contribution in [0.4, 0.5) is 20.2 Å². The number of H-pyrrole nitrogens is 1. The van der Waals surface area contributed by atoms with Gasteiger partial charge < -0.3 is 24.7 Å². The topological polar surface area (TPSA) is 155 Å². The number of aromatic amines is 1. The number of nitrogens with zero attached hydrogens (tertiary/aromatic N) is 4. The highest BCUT2D eigenvalue weighted by Crippen LogP contribution is 2.47. The number of halogens is 2. The number of nitrogens with one attached hydrogen (secondary N) is 4. The Kier molecular flexibility index (Phi) is 13.5. The summed E-state index contributed by atoms with van der Waals surface area (Å²) in [6.45, 7) is 5.27. The molecular weight excluding hydrogens is 775 g/mol. The van der Waals surface area contributed by atoms with E-state index in [1.807, 2.05) is 36.5 Å². The Hall–Kier alpha value is -5.04. The Morgan fingerprint density at radius 2 is 1.75 bits per heavy atom. The van der Waals surface area contributed by atoms with Crippen LogP contribution in [0.1, 0.15) is 101 Å². The average Bonchev–Trinajstić information content (AvgIpc) is 3.70. The van der Waals surface area contributed by atoms with Crippen LogP contribution in [-0.2, 0) is 9.59 Å². The van der Waals surface area contributed by atoms with Crippen LogP contribution >= 0.6 is 12.1 Å². The highest BCUT2D eigenvalue weighted by Gasteiger charge is 2.39. The van der Waals surface area contributed by atoms with Gasteiger partial charge in [0.1, 0.15) is 29.2 Å². The number of carbonyl (C=O) groups is 2. The maximum Gasteiger partial charge on any atom is 0.258 e. The zero-order valence-electron chi connectivity index (χ0n) is 33.6. The number of aromatic nitrogens is 2. The van der Waals surface area contributed by atoms with Gasteiger partial charge in [0, 0.05) is 36.8 Å². The van der Waals surface area contributed by atoms with Gasteiger partial charge in [-0.25, -0.2) is 18.1 Å². The molecular formula is C44H52F2N8O4S. The van der Waals surface area contributed by atoms with Gasteiger partial charge in [0.05, 0.1) is 22.9 Å². The minimum Gasteiger partial charge on any atom is -0.453 e. The zero-order chi connectivity index (χ0) is 41.5. The molecule has 1 aromatic heterocycles. The van der Waals surface area contributed by atoms with E-state index in [1.54, 1.807) is 12.1 Å². The molecule has 2 saturated carbocycles. The molecule has 1 atom stereocenters. The molecule has 0 bridgehead atoms. The number of imide groups is 1. The van der Waals surface area contributed by atoms with Crippen molar-refractivity contribution in [2.45, 2.75) is 102 Å². The summed E-state index contributed by atoms with van der Waals surface area (Å²) in [6.07, 6.45) is 15.0. The lowest BCUT2D eigenvalue weighted by atomic mass is 9.75. The quantitative estimate of drug-likeness (QED) is 0.0901. The molecule has 3 aromatic carbocycles. The smallest absolute Gasteiger partial charge is 0.258 e. The molecule has 2 aliphatic carbocycles. The molecule has 2 amide bonds. The first kappa shape index (κ1) is 42.1. The molecule has 4 aliphatic rings. The normalized spacial score (nSPS) is 21.7. The van der Waals surface area contributed by atoms with Crippen molar-refractivity contribution in [1.29, 1.82) is 5.26 Å². The van der Waals surface area contributed by atoms with Crippen molar-refractivity contribution >= 4 is 46.2 Å². The Balaban J connectivity index is 0.000000182. The zero-order valence-corrected chi connectivity index (χ0v) is 34.4. The van der Waals surface area contributed by atoms with Crippen LogP contribution in [0.3, 0.4) is 0 Å². The Labute approximate surface area is 347 Å². The lowest BCUT2D eigenvalue weighted by molar-refractivity contribution is -0.133. The molecule has 2 aliphatic heterocycles. The van der Waals surface area contributed by atoms with Crippen LogP contribution in [0.2, 0.25) is 0 Å². The minimum absolute atomic E-state index is 0.0344. The van der Waals surface area contributed by atoms with E-state index in [0.29, 0.717) is 46.6 Å². The van der Waals surface area contributed by atoms with Crippen molar-refractivity contribution in [3.05, 3.63) is 88.0 Å². The molecule has 59 heavy (non-hydrogen) atoms. The maximum absolute atomic E-state index is 15.0. The summed E-state index contributed by atoms with van der Waals surface area (Å²) in [6, 6.07) is 14.8. The number of piperidine rings is 2. The Morgan fingerprint density at radius 3 is 2.44 bits per heavy atom. The van der Waals surface area contributed by atoms with E-state index in [9.17, 15) is 28.4 Å². The van der Waals surface area contributed by atoms with Crippen molar-refractivity contribution < 1.29 is 23.1 Å². The summed E-state index contributed by atoms with van der Waals surface area (Å²) in [5.74, 6) is -1.14. The third-order valence-corrected chi connectivity index (χ3v) is 13.4. The average molecular weight is 827 g/mol. The number of likely N-dealkylation sites (tertiary alicyclic amines) is 1. The summed E-state index contributed by atoms with van der Waals surface area (Å²) in [4.78, 5) is 44.4. The summed E-state index contributed by atoms with van der Waals surface area (Å²) < 4.78 is 39.9. The first-order valence-electron chi connectivity index (χ1n) is 20.7. The number of fused-ring (bicyclic) bond motifs is 1. The van der Waals surface area contributed by atoms with Gasteiger partial charge in [0.15, 0.2) is 11.6 Å². The fraction of sp³-hybridized carbons (Fsp3) is 0.477. The van der Waals surface area contributed by atoms with E-state index in [-0.39, 0.29) is 46.2 Å². The number of hydrogen-bond donors (Lipinski definition) is 4. The van der Waals surface area contributed by atoms with Crippen LogP contribution < -0.4 is 25.7 Å². The Bertz CT molecular complexity index is 2240. The third-order valence-electron chi connectivity index (χ3n) is 12.6. The van der Waals surface area contributed by atoms with Gasteiger partial charge in [-0.1, -0.05) is 25.8 Å². The van der Waals surface area contributed by atoms with Gasteiger partial charge in [-0.15, -0.1) is 0 Å². The van der Waals surface area contributed by atoms with Crippen LogP contribution in [0.25, 0.3) is 10.9 Å². The molecule has 1 unspecified atom stereocenters. The van der Waals surface area contributed by atoms with E-state index in [0.717, 1.165) is 37.8 Å². The summed E-state index contributed by atoms with van der Waals surface area (Å²) in [5, 5.41) is 15.2. The van der Waals surface area contributed by atoms with Crippen LogP contribution in [-0.4, -0.2) is 69.8 Å². The SMILES string of the molecule is CCN(C)SNc1ccc(F)c(Oc2ccc3nc[nH]c(=O)c3c2)c1C#N.O=C1CCC(Nc2ccc(C3CCC(N4CCC5(CCCC5)CC4)CC3)c(F)c2)C(=O)N1. The molecule has 8 rings (SSSR count). The molecule has 4 aromatic rings. The standard InChI is InChI=1S/C26H36FN3O2.C18H16FN5O2S/c27-22-17-19(28-23-9-10-24(31)29-25(23)32)5-8-21(22)18-3-6-20(7-4-18)30-15-13-26(14-16-30)11-1-2-12-26;1-3-24(2)27-23-16-7-5-14(19)17(13(16)9-20)26-11-4-6-15-12(8-11)18(25)22-10-21-15/h5,8,17-18,20,23,28H,1-4,6-7,9-16H2,(H,29,31,32);4-8,10,23H,3H2,1-2H3,(H,21,22,25). The summed E-state index contributed by atoms with van der Waals surface area (Å²) in [5.41, 5.74) is 2.69. The van der Waals surface area contributed by atoms with Crippen molar-refractivity contribution in [2.24, 2.45) is 5.41 Å². The fourth-order valence-electron chi connectivity index (χ4n) is 8.99. The molecule has 3 heterocycles. The number of rotatable bonds is 10. The molecule has 2 saturated heterocycles. The van der Waals surface area contributed by atoms with Crippen molar-refractivity contribution in [1.82, 2.24) is 24.5 Å². The molecule has 1 spiro atoms. The van der Waals surface area contributed by atoms with E-state index < -0.39 is 11.9 Å². The van der Waals surface area contributed by atoms with Gasteiger partial charge in [-0.05, 0) is 137 Å². The number of hydrogen-bond acceptors (Lipinski definition) is 11. The van der Waals surface area contributed by atoms with E-state index in [4.69, 9.17) is 4.74 Å². The van der Waals surface area contributed by atoms with Crippen molar-refractivity contribution in [2.75, 3.05) is 36.7 Å². The fourth-order valence-corrected chi connectivity index (χ4v) is 9.55. The third kappa shape index (κ3) is 10.1. The second-order valence-corrected chi connectivity index (χ2v) is 17.2. The van der Waals surface area contributed by atoms with Gasteiger partial charge in [0.2, 0.25) is 11.8 Å². The molecule has 0 radical (unpaired) electrons. The predicted octanol–water partition coefficient (Wildman–Crippen LogP) is 8.38. The number of carbonyl (C=O) groups excluding carboxylic acids is 2. The monoisotopic (exact) mass is 826 g/mol. The lowest BCUT2D eigenvalue weighted by Crippen LogP contribution is -2.47. The van der Waals surface area contributed by atoms with E-state index in [2.05, 4.69) is 30.2 Å². The van der Waals surface area contributed by atoms with Crippen LogP contribution in [0, 0.1) is 28.4 Å². The largest absolute Gasteiger partial charge is 0.453 e. The number of amides is 2. The van der Waals surface area contributed by atoms with E-state index in [1.165, 1.54) is 94.3 Å². The maximum atomic E-state index is 15.0. The van der Waals surface area contributed by atoms with Crippen molar-refractivity contribution in [3.8, 4) is 17.6 Å². The van der Waals surface area contributed by atoms with Gasteiger partial charge in [-0.2, -0.15) is 5.26 Å². The first-order valence-corrected chi connectivity index (χ1v) is 21.5. The second-order valence-electron chi connectivity index (χ2n) is 16.2. The molecule has 15 heteroatoms. The molecule has 312 valence electrons. The van der Waals surface area contributed by atoms with E-state index >= 15 is 0 Å². The number of nitriles is 1. The highest BCUT2D eigenvalue weighted by atomic mass is 32.2. The van der Waals surface area contributed by atoms with Crippen molar-refractivity contribution in [3.63, 3.8) is 0 Å². The summed E-state index contributed by atoms with van der Waals surface area (Å²) >= 11 is 1.28. The second kappa shape index (κ2) is 18.9. The molecule has 4 fully saturated rings. The number of ether oxygens (including phenoxy) is 1. The summed E-state index contributed by atoms with van der Waals surface area (Å²) in [7, 11) is 1.88. The number of benzene rings is 3. The molecule has 4 N–H and O–H groups in total. The van der Waals surface area contributed by atoms with Gasteiger partial charge in [-0.3, -0.25) is 19.7 Å². The van der Waals surface area contributed by atoms with Gasteiger partial charge >= 0.3 is 0 Å². The van der Waals surface area contributed by atoms with Crippen LogP contribution in [0.15, 0.2) is 59.7 Å². The number of anilines is 2. The van der Waals surface area contributed by atoms with Gasteiger partial charge in [0.25, 0.3) is 5.56 Å². The minimum atomic E-state index is -0.675.